The Bertz CT molecular complexity index is 886. The normalized spacial score (nSPS) is 10.6. The summed E-state index contributed by atoms with van der Waals surface area (Å²) in [5.41, 5.74) is 2.05. The molecule has 7 heteroatoms. The number of nitriles is 1. The zero-order chi connectivity index (χ0) is 14.1. The van der Waals surface area contributed by atoms with Crippen LogP contribution in [-0.4, -0.2) is 24.1 Å². The molecule has 3 aromatic heterocycles. The van der Waals surface area contributed by atoms with Gasteiger partial charge in [-0.05, 0) is 24.6 Å². The van der Waals surface area contributed by atoms with E-state index < -0.39 is 0 Å². The number of fused-ring (bicyclic) bond motifs is 1. The van der Waals surface area contributed by atoms with E-state index in [1.807, 2.05) is 25.1 Å². The fourth-order valence-corrected chi connectivity index (χ4v) is 1.92. The molecule has 3 rings (SSSR count). The van der Waals surface area contributed by atoms with E-state index >= 15 is 0 Å². The molecule has 0 saturated carbocycles. The first-order valence-electron chi connectivity index (χ1n) is 5.94. The van der Waals surface area contributed by atoms with Crippen molar-refractivity contribution in [3.8, 4) is 6.07 Å². The van der Waals surface area contributed by atoms with Gasteiger partial charge in [0.25, 0.3) is 11.4 Å². The van der Waals surface area contributed by atoms with E-state index in [9.17, 15) is 4.79 Å². The molecule has 3 aromatic rings. The molecule has 0 aliphatic rings. The monoisotopic (exact) mass is 266 g/mol. The van der Waals surface area contributed by atoms with E-state index in [4.69, 9.17) is 5.26 Å². The number of hydrogen-bond acceptors (Lipinski definition) is 5. The third kappa shape index (κ3) is 2.14. The van der Waals surface area contributed by atoms with Crippen molar-refractivity contribution >= 4 is 5.65 Å². The van der Waals surface area contributed by atoms with Gasteiger partial charge in [0.05, 0.1) is 12.2 Å². The first kappa shape index (κ1) is 12.0. The van der Waals surface area contributed by atoms with Crippen molar-refractivity contribution in [3.63, 3.8) is 0 Å². The molecular formula is C13H10N6O. The number of pyridine rings is 1. The smallest absolute Gasteiger partial charge is 0.258 e. The van der Waals surface area contributed by atoms with Crippen LogP contribution >= 0.6 is 0 Å². The second kappa shape index (κ2) is 4.59. The van der Waals surface area contributed by atoms with Crippen LogP contribution in [0.15, 0.2) is 35.5 Å². The molecule has 7 nitrogen and oxygen atoms in total. The van der Waals surface area contributed by atoms with Crippen molar-refractivity contribution in [1.82, 2.24) is 24.1 Å². The molecule has 0 fully saturated rings. The highest BCUT2D eigenvalue weighted by Crippen LogP contribution is 2.04. The highest BCUT2D eigenvalue weighted by Gasteiger charge is 2.05. The van der Waals surface area contributed by atoms with Gasteiger partial charge < -0.3 is 0 Å². The van der Waals surface area contributed by atoms with Crippen LogP contribution in [0.2, 0.25) is 0 Å². The second-order valence-corrected chi connectivity index (χ2v) is 4.40. The first-order chi connectivity index (χ1) is 9.65. The van der Waals surface area contributed by atoms with Gasteiger partial charge in [-0.1, -0.05) is 0 Å². The molecule has 0 spiro atoms. The molecule has 20 heavy (non-hydrogen) atoms. The predicted octanol–water partition coefficient (Wildman–Crippen LogP) is 0.514. The third-order valence-corrected chi connectivity index (χ3v) is 2.84. The van der Waals surface area contributed by atoms with Crippen molar-refractivity contribution in [3.05, 3.63) is 58.2 Å². The summed E-state index contributed by atoms with van der Waals surface area (Å²) in [5, 5.41) is 12.6. The van der Waals surface area contributed by atoms with Gasteiger partial charge in [-0.15, -0.1) is 5.10 Å². The lowest BCUT2D eigenvalue weighted by molar-refractivity contribution is 0.667. The van der Waals surface area contributed by atoms with E-state index in [0.717, 1.165) is 5.56 Å². The quantitative estimate of drug-likeness (QED) is 0.674. The van der Waals surface area contributed by atoms with Gasteiger partial charge in [0.2, 0.25) is 0 Å². The highest BCUT2D eigenvalue weighted by atomic mass is 16.1. The van der Waals surface area contributed by atoms with Crippen LogP contribution in [-0.2, 0) is 6.54 Å². The average Bonchev–Trinajstić information content (AvgIpc) is 2.85. The third-order valence-electron chi connectivity index (χ3n) is 2.84. The summed E-state index contributed by atoms with van der Waals surface area (Å²) < 4.78 is 2.96. The van der Waals surface area contributed by atoms with Crippen molar-refractivity contribution in [1.29, 1.82) is 5.26 Å². The van der Waals surface area contributed by atoms with Crippen LogP contribution in [0.5, 0.6) is 0 Å². The Balaban J connectivity index is 2.04. The lowest BCUT2D eigenvalue weighted by Gasteiger charge is -2.04. The Morgan fingerprint density at radius 1 is 1.40 bits per heavy atom. The van der Waals surface area contributed by atoms with E-state index in [-0.39, 0.29) is 11.4 Å². The summed E-state index contributed by atoms with van der Waals surface area (Å²) in [7, 11) is 0. The van der Waals surface area contributed by atoms with E-state index in [2.05, 4.69) is 15.1 Å². The minimum Gasteiger partial charge on any atom is -0.269 e. The van der Waals surface area contributed by atoms with E-state index in [0.29, 0.717) is 17.9 Å². The molecule has 0 aromatic carbocycles. The number of aryl methyl sites for hydroxylation is 1. The minimum absolute atomic E-state index is 0.0957. The van der Waals surface area contributed by atoms with Crippen molar-refractivity contribution in [2.75, 3.05) is 0 Å². The number of nitrogens with zero attached hydrogens (tertiary/aromatic N) is 6. The Morgan fingerprint density at radius 2 is 2.25 bits per heavy atom. The molecule has 0 aliphatic heterocycles. The van der Waals surface area contributed by atoms with Crippen molar-refractivity contribution in [2.45, 2.75) is 13.5 Å². The Hall–Kier alpha value is -3.01. The van der Waals surface area contributed by atoms with Crippen molar-refractivity contribution in [2.24, 2.45) is 0 Å². The maximum absolute atomic E-state index is 12.0. The standard InChI is InChI=1S/C13H10N6O/c1-9-2-3-19-12(4-9)16-10(5-13(19)20)7-18-8-15-11(6-14)17-18/h2-5,8H,7H2,1H3. The van der Waals surface area contributed by atoms with Gasteiger partial charge in [-0.2, -0.15) is 5.26 Å². The molecule has 98 valence electrons. The first-order valence-corrected chi connectivity index (χ1v) is 5.94. The summed E-state index contributed by atoms with van der Waals surface area (Å²) in [6.07, 6.45) is 3.14. The van der Waals surface area contributed by atoms with Crippen molar-refractivity contribution < 1.29 is 0 Å². The topological polar surface area (TPSA) is 88.9 Å². The molecule has 0 aliphatic carbocycles. The maximum Gasteiger partial charge on any atom is 0.258 e. The van der Waals surface area contributed by atoms with Crippen LogP contribution in [0.4, 0.5) is 0 Å². The summed E-state index contributed by atoms with van der Waals surface area (Å²) in [4.78, 5) is 20.2. The van der Waals surface area contributed by atoms with Gasteiger partial charge in [0, 0.05) is 12.3 Å². The SMILES string of the molecule is Cc1ccn2c(=O)cc(Cn3cnc(C#N)n3)nc2c1. The van der Waals surface area contributed by atoms with Crippen LogP contribution in [0.3, 0.4) is 0 Å². The molecule has 0 bridgehead atoms. The van der Waals surface area contributed by atoms with E-state index in [1.54, 1.807) is 6.20 Å². The second-order valence-electron chi connectivity index (χ2n) is 4.40. The number of hydrogen-bond donors (Lipinski definition) is 0. The fraction of sp³-hybridized carbons (Fsp3) is 0.154. The molecule has 3 heterocycles. The summed E-state index contributed by atoms with van der Waals surface area (Å²) in [5.74, 6) is 0.0957. The number of rotatable bonds is 2. The highest BCUT2D eigenvalue weighted by molar-refractivity contribution is 5.41. The summed E-state index contributed by atoms with van der Waals surface area (Å²) in [6, 6.07) is 7.00. The Labute approximate surface area is 113 Å². The van der Waals surface area contributed by atoms with Gasteiger partial charge in [-0.3, -0.25) is 9.20 Å². The largest absolute Gasteiger partial charge is 0.269 e. The molecule has 0 amide bonds. The lowest BCUT2D eigenvalue weighted by atomic mass is 10.3. The molecular weight excluding hydrogens is 256 g/mol. The Kier molecular flexibility index (Phi) is 2.76. The summed E-state index contributed by atoms with van der Waals surface area (Å²) >= 11 is 0. The van der Waals surface area contributed by atoms with Crippen LogP contribution in [0, 0.1) is 18.3 Å². The maximum atomic E-state index is 12.0. The van der Waals surface area contributed by atoms with Gasteiger partial charge in [0.1, 0.15) is 18.0 Å². The number of aromatic nitrogens is 5. The molecule has 0 N–H and O–H groups in total. The average molecular weight is 266 g/mol. The zero-order valence-corrected chi connectivity index (χ0v) is 10.7. The summed E-state index contributed by atoms with van der Waals surface area (Å²) in [6.45, 7) is 2.24. The molecule has 0 saturated heterocycles. The minimum atomic E-state index is -0.148. The van der Waals surface area contributed by atoms with Gasteiger partial charge in [-0.25, -0.2) is 14.6 Å². The zero-order valence-electron chi connectivity index (χ0n) is 10.7. The fourth-order valence-electron chi connectivity index (χ4n) is 1.92. The van der Waals surface area contributed by atoms with Crippen LogP contribution in [0.1, 0.15) is 17.1 Å². The predicted molar refractivity (Wildman–Crippen MR) is 70.0 cm³/mol. The molecule has 0 atom stereocenters. The van der Waals surface area contributed by atoms with Gasteiger partial charge >= 0.3 is 0 Å². The van der Waals surface area contributed by atoms with Crippen LogP contribution < -0.4 is 5.56 Å². The molecule has 0 radical (unpaired) electrons. The Morgan fingerprint density at radius 3 is 3.00 bits per heavy atom. The lowest BCUT2D eigenvalue weighted by Crippen LogP contribution is -2.17. The van der Waals surface area contributed by atoms with Crippen LogP contribution in [0.25, 0.3) is 5.65 Å². The molecule has 0 unspecified atom stereocenters. The van der Waals surface area contributed by atoms with Gasteiger partial charge in [0.15, 0.2) is 0 Å². The van der Waals surface area contributed by atoms with E-state index in [1.165, 1.54) is 21.5 Å².